The number of rotatable bonds is 3. The number of nitrogens with one attached hydrogen (secondary N) is 1. The van der Waals surface area contributed by atoms with E-state index < -0.39 is 11.8 Å². The first kappa shape index (κ1) is 12.1. The number of hydrogen-bond acceptors (Lipinski definition) is 4. The van der Waals surface area contributed by atoms with E-state index in [2.05, 4.69) is 31.1 Å². The van der Waals surface area contributed by atoms with Crippen molar-refractivity contribution in [3.05, 3.63) is 34.3 Å². The number of aromatic nitrogens is 3. The first-order valence-corrected chi connectivity index (χ1v) is 5.95. The highest BCUT2D eigenvalue weighted by molar-refractivity contribution is 9.10. The Hall–Kier alpha value is -1.41. The van der Waals surface area contributed by atoms with Gasteiger partial charge in [0.2, 0.25) is 0 Å². The molecule has 0 unspecified atom stereocenters. The molecule has 88 valence electrons. The molecule has 0 bridgehead atoms. The summed E-state index contributed by atoms with van der Waals surface area (Å²) in [7, 11) is 0. The zero-order valence-corrected chi connectivity index (χ0v) is 10.5. The van der Waals surface area contributed by atoms with E-state index in [0.717, 1.165) is 11.8 Å². The molecule has 1 aromatic carbocycles. The lowest BCUT2D eigenvalue weighted by Gasteiger charge is -2.05. The van der Waals surface area contributed by atoms with E-state index in [1.54, 1.807) is 0 Å². The first-order chi connectivity index (χ1) is 8.09. The van der Waals surface area contributed by atoms with Crippen LogP contribution in [-0.2, 0) is 0 Å². The van der Waals surface area contributed by atoms with Gasteiger partial charge in [-0.15, -0.1) is 0 Å². The molecule has 0 amide bonds. The van der Waals surface area contributed by atoms with Crippen molar-refractivity contribution in [3.8, 4) is 0 Å². The molecule has 0 saturated heterocycles. The second kappa shape index (κ2) is 4.84. The Morgan fingerprint density at radius 3 is 2.88 bits per heavy atom. The SMILES string of the molecule is O=C(O)c1ccc(Sc2ncn[nH]2)c(F)c1Br. The van der Waals surface area contributed by atoms with E-state index in [1.165, 1.54) is 18.5 Å². The van der Waals surface area contributed by atoms with E-state index in [9.17, 15) is 9.18 Å². The molecule has 0 radical (unpaired) electrons. The predicted molar refractivity (Wildman–Crippen MR) is 61.6 cm³/mol. The molecule has 0 atom stereocenters. The van der Waals surface area contributed by atoms with Crippen LogP contribution in [0, 0.1) is 5.82 Å². The van der Waals surface area contributed by atoms with Crippen LogP contribution in [0.25, 0.3) is 0 Å². The van der Waals surface area contributed by atoms with Gasteiger partial charge >= 0.3 is 5.97 Å². The summed E-state index contributed by atoms with van der Waals surface area (Å²) in [6, 6.07) is 2.71. The molecular weight excluding hydrogens is 313 g/mol. The van der Waals surface area contributed by atoms with Gasteiger partial charge in [0.25, 0.3) is 0 Å². The summed E-state index contributed by atoms with van der Waals surface area (Å²) in [4.78, 5) is 14.9. The second-order valence-electron chi connectivity index (χ2n) is 2.94. The van der Waals surface area contributed by atoms with Crippen LogP contribution >= 0.6 is 27.7 Å². The molecule has 1 aromatic heterocycles. The normalized spacial score (nSPS) is 10.5. The van der Waals surface area contributed by atoms with Gasteiger partial charge in [-0.05, 0) is 39.8 Å². The van der Waals surface area contributed by atoms with Gasteiger partial charge in [0.1, 0.15) is 6.33 Å². The number of hydrogen-bond donors (Lipinski definition) is 2. The maximum Gasteiger partial charge on any atom is 0.336 e. The van der Waals surface area contributed by atoms with Gasteiger partial charge in [0.05, 0.1) is 14.9 Å². The van der Waals surface area contributed by atoms with Crippen LogP contribution in [0.2, 0.25) is 0 Å². The Bertz CT molecular complexity index is 562. The molecule has 17 heavy (non-hydrogen) atoms. The van der Waals surface area contributed by atoms with Crippen LogP contribution in [-0.4, -0.2) is 26.3 Å². The average Bonchev–Trinajstić information content (AvgIpc) is 2.77. The number of halogens is 2. The number of aromatic amines is 1. The fourth-order valence-electron chi connectivity index (χ4n) is 1.12. The Labute approximate surface area is 108 Å². The summed E-state index contributed by atoms with van der Waals surface area (Å²) in [5.41, 5.74) is -0.121. The number of aromatic carboxylic acids is 1. The molecule has 2 rings (SSSR count). The van der Waals surface area contributed by atoms with Gasteiger partial charge in [-0.1, -0.05) is 0 Å². The molecule has 0 aliphatic rings. The third-order valence-electron chi connectivity index (χ3n) is 1.88. The summed E-state index contributed by atoms with van der Waals surface area (Å²) in [6.45, 7) is 0. The van der Waals surface area contributed by atoms with Crippen molar-refractivity contribution in [2.75, 3.05) is 0 Å². The average molecular weight is 318 g/mol. The quantitative estimate of drug-likeness (QED) is 0.909. The maximum atomic E-state index is 13.8. The third kappa shape index (κ3) is 2.47. The van der Waals surface area contributed by atoms with Gasteiger partial charge in [0.15, 0.2) is 11.0 Å². The number of carboxylic acids is 1. The highest BCUT2D eigenvalue weighted by Gasteiger charge is 2.16. The summed E-state index contributed by atoms with van der Waals surface area (Å²) < 4.78 is 13.7. The molecular formula is C9H5BrFN3O2S. The third-order valence-corrected chi connectivity index (χ3v) is 3.58. The molecule has 1 heterocycles. The van der Waals surface area contributed by atoms with Crippen LogP contribution in [0.1, 0.15) is 10.4 Å². The monoisotopic (exact) mass is 317 g/mol. The zero-order valence-electron chi connectivity index (χ0n) is 8.15. The second-order valence-corrected chi connectivity index (χ2v) is 4.76. The van der Waals surface area contributed by atoms with Crippen molar-refractivity contribution >= 4 is 33.7 Å². The maximum absolute atomic E-state index is 13.8. The molecule has 2 aromatic rings. The number of carbonyl (C=O) groups is 1. The van der Waals surface area contributed by atoms with Gasteiger partial charge in [-0.25, -0.2) is 14.2 Å². The van der Waals surface area contributed by atoms with Crippen molar-refractivity contribution in [1.29, 1.82) is 0 Å². The molecule has 2 N–H and O–H groups in total. The molecule has 0 fully saturated rings. The summed E-state index contributed by atoms with van der Waals surface area (Å²) in [5.74, 6) is -1.82. The smallest absolute Gasteiger partial charge is 0.336 e. The minimum absolute atomic E-state index is 0.0745. The number of carboxylic acid groups (broad SMARTS) is 1. The molecule has 0 spiro atoms. The first-order valence-electron chi connectivity index (χ1n) is 4.34. The molecule has 0 aliphatic heterocycles. The van der Waals surface area contributed by atoms with E-state index in [-0.39, 0.29) is 14.9 Å². The van der Waals surface area contributed by atoms with Gasteiger partial charge < -0.3 is 5.11 Å². The molecule has 8 heteroatoms. The Balaban J connectivity index is 2.37. The predicted octanol–water partition coefficient (Wildman–Crippen LogP) is 2.56. The molecule has 0 saturated carbocycles. The van der Waals surface area contributed by atoms with Crippen LogP contribution < -0.4 is 0 Å². The fraction of sp³-hybridized carbons (Fsp3) is 0. The van der Waals surface area contributed by atoms with E-state index in [4.69, 9.17) is 5.11 Å². The lowest BCUT2D eigenvalue weighted by molar-refractivity contribution is 0.0695. The Morgan fingerprint density at radius 2 is 2.29 bits per heavy atom. The fourth-order valence-corrected chi connectivity index (χ4v) is 2.50. The van der Waals surface area contributed by atoms with Crippen LogP contribution in [0.15, 0.2) is 33.0 Å². The van der Waals surface area contributed by atoms with Crippen molar-refractivity contribution in [1.82, 2.24) is 15.2 Å². The van der Waals surface area contributed by atoms with E-state index in [1.807, 2.05) is 0 Å². The largest absolute Gasteiger partial charge is 0.478 e. The van der Waals surface area contributed by atoms with Crippen molar-refractivity contribution in [2.24, 2.45) is 0 Å². The van der Waals surface area contributed by atoms with E-state index >= 15 is 0 Å². The number of benzene rings is 1. The standard InChI is InChI=1S/C9H5BrFN3O2S/c10-6-4(8(15)16)1-2-5(7(6)11)17-9-12-3-13-14-9/h1-3H,(H,15,16)(H,12,13,14). The minimum atomic E-state index is -1.19. The topological polar surface area (TPSA) is 78.9 Å². The van der Waals surface area contributed by atoms with Gasteiger partial charge in [0, 0.05) is 0 Å². The number of nitrogens with zero attached hydrogens (tertiary/aromatic N) is 2. The summed E-state index contributed by atoms with van der Waals surface area (Å²) in [6.07, 6.45) is 1.31. The van der Waals surface area contributed by atoms with Crippen LogP contribution in [0.4, 0.5) is 4.39 Å². The van der Waals surface area contributed by atoms with Crippen LogP contribution in [0.5, 0.6) is 0 Å². The lowest BCUT2D eigenvalue weighted by atomic mass is 10.2. The van der Waals surface area contributed by atoms with Gasteiger partial charge in [-0.3, -0.25) is 5.10 Å². The highest BCUT2D eigenvalue weighted by atomic mass is 79.9. The summed E-state index contributed by atoms with van der Waals surface area (Å²) in [5, 5.41) is 15.4. The Morgan fingerprint density at radius 1 is 1.53 bits per heavy atom. The Kier molecular flexibility index (Phi) is 3.43. The van der Waals surface area contributed by atoms with Crippen molar-refractivity contribution < 1.29 is 14.3 Å². The lowest BCUT2D eigenvalue weighted by Crippen LogP contribution is -2.00. The minimum Gasteiger partial charge on any atom is -0.478 e. The highest BCUT2D eigenvalue weighted by Crippen LogP contribution is 2.32. The molecule has 0 aliphatic carbocycles. The van der Waals surface area contributed by atoms with Crippen molar-refractivity contribution in [3.63, 3.8) is 0 Å². The van der Waals surface area contributed by atoms with Crippen molar-refractivity contribution in [2.45, 2.75) is 10.1 Å². The van der Waals surface area contributed by atoms with Crippen LogP contribution in [0.3, 0.4) is 0 Å². The zero-order chi connectivity index (χ0) is 12.4. The summed E-state index contributed by atoms with van der Waals surface area (Å²) >= 11 is 3.95. The molecule has 5 nitrogen and oxygen atoms in total. The van der Waals surface area contributed by atoms with E-state index in [0.29, 0.717) is 5.16 Å². The van der Waals surface area contributed by atoms with Gasteiger partial charge in [-0.2, -0.15) is 5.10 Å². The number of H-pyrrole nitrogens is 1.